The zero-order valence-corrected chi connectivity index (χ0v) is 23.6. The molecule has 0 radical (unpaired) electrons. The predicted molar refractivity (Wildman–Crippen MR) is 154 cm³/mol. The van der Waals surface area contributed by atoms with Crippen LogP contribution < -0.4 is 5.56 Å². The van der Waals surface area contributed by atoms with Gasteiger partial charge in [0.15, 0.2) is 0 Å². The second-order valence-corrected chi connectivity index (χ2v) is 11.4. The van der Waals surface area contributed by atoms with Crippen molar-refractivity contribution in [2.75, 3.05) is 13.1 Å². The Morgan fingerprint density at radius 2 is 1.72 bits per heavy atom. The number of rotatable bonds is 6. The van der Waals surface area contributed by atoms with Crippen LogP contribution in [0.4, 0.5) is 4.79 Å². The van der Waals surface area contributed by atoms with Crippen LogP contribution in [0.1, 0.15) is 79.7 Å². The van der Waals surface area contributed by atoms with E-state index in [1.807, 2.05) is 32.9 Å². The van der Waals surface area contributed by atoms with Crippen molar-refractivity contribution in [3.05, 3.63) is 105 Å². The molecule has 2 heterocycles. The third-order valence-electron chi connectivity index (χ3n) is 7.46. The maximum Gasteiger partial charge on any atom is 0.410 e. The Morgan fingerprint density at radius 1 is 1.05 bits per heavy atom. The predicted octanol–water partition coefficient (Wildman–Crippen LogP) is 6.21. The van der Waals surface area contributed by atoms with Gasteiger partial charge in [-0.1, -0.05) is 53.7 Å². The van der Waals surface area contributed by atoms with Gasteiger partial charge in [0.2, 0.25) is 5.56 Å². The van der Waals surface area contributed by atoms with Gasteiger partial charge in [-0.15, -0.1) is 0 Å². The summed E-state index contributed by atoms with van der Waals surface area (Å²) in [5.74, 6) is 0.354. The molecule has 0 spiro atoms. The summed E-state index contributed by atoms with van der Waals surface area (Å²) in [6.45, 7) is 9.13. The first-order valence-corrected chi connectivity index (χ1v) is 13.6. The maximum atomic E-state index is 12.4. The topological polar surface area (TPSA) is 84.1 Å². The first kappa shape index (κ1) is 28.1. The number of pyridine rings is 1. The zero-order valence-electron chi connectivity index (χ0n) is 23.6. The molecule has 4 rings (SSSR count). The van der Waals surface area contributed by atoms with Crippen LogP contribution in [-0.4, -0.2) is 45.2 Å². The summed E-state index contributed by atoms with van der Waals surface area (Å²) in [6, 6.07) is 20.2. The zero-order chi connectivity index (χ0) is 28.2. The van der Waals surface area contributed by atoms with Crippen molar-refractivity contribution in [3.63, 3.8) is 0 Å². The number of carbonyl (C=O) groups is 1. The van der Waals surface area contributed by atoms with Crippen LogP contribution in [0.15, 0.2) is 76.8 Å². The van der Waals surface area contributed by atoms with E-state index in [9.17, 15) is 14.8 Å². The van der Waals surface area contributed by atoms with Crippen molar-refractivity contribution in [3.8, 4) is 0 Å². The van der Waals surface area contributed by atoms with Crippen LogP contribution in [0.3, 0.4) is 0 Å². The highest BCUT2D eigenvalue weighted by Gasteiger charge is 2.28. The summed E-state index contributed by atoms with van der Waals surface area (Å²) in [5, 5.41) is 13.6. The maximum absolute atomic E-state index is 12.4. The summed E-state index contributed by atoms with van der Waals surface area (Å²) in [5.41, 5.74) is 5.36. The van der Waals surface area contributed by atoms with Crippen molar-refractivity contribution in [1.82, 2.24) is 9.47 Å². The molecule has 1 fully saturated rings. The van der Waals surface area contributed by atoms with Crippen molar-refractivity contribution in [2.45, 2.75) is 64.4 Å². The Balaban J connectivity index is 1.54. The Labute approximate surface area is 230 Å². The number of amides is 1. The molecule has 39 heavy (non-hydrogen) atoms. The molecule has 1 aliphatic heterocycles. The van der Waals surface area contributed by atoms with Crippen LogP contribution in [0.2, 0.25) is 0 Å². The van der Waals surface area contributed by atoms with E-state index in [4.69, 9.17) is 4.74 Å². The number of carbonyl (C=O) groups excluding carboxylic acids is 1. The third-order valence-corrected chi connectivity index (χ3v) is 7.46. The Bertz CT molecular complexity index is 1380. The summed E-state index contributed by atoms with van der Waals surface area (Å²) >= 11 is 0. The SMILES string of the molecule is Cc1ccccc1C(C/C(=N/O)c1ccc(=O)n(C)c1)c1ccc(C2CCN(C(=O)OC(C)(C)C)CC2)cc1. The van der Waals surface area contributed by atoms with E-state index in [0.717, 1.165) is 18.4 Å². The first-order chi connectivity index (χ1) is 18.6. The van der Waals surface area contributed by atoms with Gasteiger partial charge >= 0.3 is 6.09 Å². The number of oxime groups is 1. The van der Waals surface area contributed by atoms with E-state index in [1.54, 1.807) is 24.2 Å². The summed E-state index contributed by atoms with van der Waals surface area (Å²) in [7, 11) is 1.69. The van der Waals surface area contributed by atoms with E-state index in [2.05, 4.69) is 48.5 Å². The molecule has 1 aliphatic rings. The van der Waals surface area contributed by atoms with Crippen LogP contribution in [-0.2, 0) is 11.8 Å². The fourth-order valence-corrected chi connectivity index (χ4v) is 5.28. The van der Waals surface area contributed by atoms with Gasteiger partial charge in [0.1, 0.15) is 5.60 Å². The van der Waals surface area contributed by atoms with Crippen LogP contribution >= 0.6 is 0 Å². The van der Waals surface area contributed by atoms with E-state index < -0.39 is 5.60 Å². The fourth-order valence-electron chi connectivity index (χ4n) is 5.28. The number of ether oxygens (including phenoxy) is 1. The molecule has 0 saturated carbocycles. The Kier molecular flexibility index (Phi) is 8.58. The minimum atomic E-state index is -0.491. The number of hydrogen-bond donors (Lipinski definition) is 1. The smallest absolute Gasteiger partial charge is 0.410 e. The van der Waals surface area contributed by atoms with Crippen LogP contribution in [0.25, 0.3) is 0 Å². The largest absolute Gasteiger partial charge is 0.444 e. The molecular formula is C32H39N3O4. The molecule has 1 atom stereocenters. The lowest BCUT2D eigenvalue weighted by Gasteiger charge is -2.33. The average molecular weight is 530 g/mol. The normalized spacial score (nSPS) is 15.7. The van der Waals surface area contributed by atoms with E-state index >= 15 is 0 Å². The number of likely N-dealkylation sites (tertiary alicyclic amines) is 1. The molecule has 1 saturated heterocycles. The van der Waals surface area contributed by atoms with Gasteiger partial charge in [-0.25, -0.2) is 4.79 Å². The third kappa shape index (κ3) is 6.96. The van der Waals surface area contributed by atoms with E-state index in [-0.39, 0.29) is 17.6 Å². The average Bonchev–Trinajstić information content (AvgIpc) is 2.91. The highest BCUT2D eigenvalue weighted by molar-refractivity contribution is 6.00. The molecule has 1 unspecified atom stereocenters. The Hall–Kier alpha value is -3.87. The lowest BCUT2D eigenvalue weighted by Crippen LogP contribution is -2.41. The van der Waals surface area contributed by atoms with Gasteiger partial charge in [-0.3, -0.25) is 4.79 Å². The second kappa shape index (κ2) is 11.9. The fraction of sp³-hybridized carbons (Fsp3) is 0.406. The molecule has 0 bridgehead atoms. The van der Waals surface area contributed by atoms with Crippen molar-refractivity contribution < 1.29 is 14.7 Å². The minimum absolute atomic E-state index is 0.0302. The number of nitrogens with zero attached hydrogens (tertiary/aromatic N) is 3. The number of aromatic nitrogens is 1. The van der Waals surface area contributed by atoms with Crippen molar-refractivity contribution in [2.24, 2.45) is 12.2 Å². The van der Waals surface area contributed by atoms with Crippen LogP contribution in [0.5, 0.6) is 0 Å². The number of benzene rings is 2. The van der Waals surface area contributed by atoms with Crippen molar-refractivity contribution in [1.29, 1.82) is 0 Å². The highest BCUT2D eigenvalue weighted by Crippen LogP contribution is 2.34. The monoisotopic (exact) mass is 529 g/mol. The van der Waals surface area contributed by atoms with Crippen LogP contribution in [0, 0.1) is 6.92 Å². The van der Waals surface area contributed by atoms with Gasteiger partial charge < -0.3 is 19.4 Å². The van der Waals surface area contributed by atoms with Gasteiger partial charge in [-0.05, 0) is 74.8 Å². The molecular weight excluding hydrogens is 490 g/mol. The molecule has 1 aromatic heterocycles. The van der Waals surface area contributed by atoms with Gasteiger partial charge in [0.25, 0.3) is 0 Å². The summed E-state index contributed by atoms with van der Waals surface area (Å²) in [6.07, 6.45) is 3.74. The molecule has 1 amide bonds. The number of aryl methyl sites for hydroxylation is 2. The van der Waals surface area contributed by atoms with Gasteiger partial charge in [0, 0.05) is 50.3 Å². The molecule has 0 aliphatic carbocycles. The molecule has 3 aromatic rings. The molecule has 206 valence electrons. The summed E-state index contributed by atoms with van der Waals surface area (Å²) in [4.78, 5) is 26.1. The van der Waals surface area contributed by atoms with E-state index in [0.29, 0.717) is 36.7 Å². The molecule has 2 aromatic carbocycles. The second-order valence-electron chi connectivity index (χ2n) is 11.4. The van der Waals surface area contributed by atoms with Gasteiger partial charge in [0.05, 0.1) is 5.71 Å². The van der Waals surface area contributed by atoms with E-state index in [1.165, 1.54) is 27.3 Å². The highest BCUT2D eigenvalue weighted by atomic mass is 16.6. The molecule has 7 heteroatoms. The standard InChI is InChI=1S/C32H39N3O4/c1-22-8-6-7-9-27(22)28(20-29(33-38)26-14-15-30(36)34(5)21-26)25-12-10-23(11-13-25)24-16-18-35(19-17-24)31(37)39-32(2,3)4/h6-15,21,24,28,38H,16-20H2,1-5H3/b33-29-. The number of piperidine rings is 1. The van der Waals surface area contributed by atoms with Gasteiger partial charge in [-0.2, -0.15) is 0 Å². The lowest BCUT2D eigenvalue weighted by atomic mass is 9.82. The quantitative estimate of drug-likeness (QED) is 0.234. The van der Waals surface area contributed by atoms with Crippen molar-refractivity contribution >= 4 is 11.8 Å². The number of hydrogen-bond acceptors (Lipinski definition) is 5. The molecule has 1 N–H and O–H groups in total. The summed E-state index contributed by atoms with van der Waals surface area (Å²) < 4.78 is 7.03. The molecule has 7 nitrogen and oxygen atoms in total. The lowest BCUT2D eigenvalue weighted by molar-refractivity contribution is 0.0205. The minimum Gasteiger partial charge on any atom is -0.444 e. The first-order valence-electron chi connectivity index (χ1n) is 13.6. The Morgan fingerprint density at radius 3 is 2.31 bits per heavy atom.